The quantitative estimate of drug-likeness (QED) is 0.558. The minimum absolute atomic E-state index is 0.0190. The first-order valence-electron chi connectivity index (χ1n) is 7.99. The lowest BCUT2D eigenvalue weighted by Gasteiger charge is -2.45. The molecule has 0 aromatic rings. The Balaban J connectivity index is 2.77. The molecule has 0 saturated heterocycles. The van der Waals surface area contributed by atoms with Crippen LogP contribution in [0.1, 0.15) is 75.2 Å². The lowest BCUT2D eigenvalue weighted by atomic mass is 9.69. The fourth-order valence-corrected chi connectivity index (χ4v) is 2.81. The SMILES string of the molecule is CC1CC(OOC(C)(C)C)C(OOC(C)(C)C)C(C)(C)C1. The zero-order valence-corrected chi connectivity index (χ0v) is 15.3. The molecule has 126 valence electrons. The normalized spacial score (nSPS) is 30.4. The molecule has 0 heterocycles. The molecule has 1 aliphatic rings. The molecule has 1 fully saturated rings. The molecule has 1 aliphatic carbocycles. The van der Waals surface area contributed by atoms with E-state index in [1.165, 1.54) is 0 Å². The Morgan fingerprint density at radius 3 is 1.81 bits per heavy atom. The molecular weight excluding hydrogens is 268 g/mol. The van der Waals surface area contributed by atoms with Crippen LogP contribution in [0, 0.1) is 11.3 Å². The summed E-state index contributed by atoms with van der Waals surface area (Å²) in [6, 6.07) is 0. The highest BCUT2D eigenvalue weighted by atomic mass is 17.2. The van der Waals surface area contributed by atoms with Crippen molar-refractivity contribution in [3.05, 3.63) is 0 Å². The van der Waals surface area contributed by atoms with Crippen molar-refractivity contribution in [2.45, 2.75) is 98.6 Å². The Bertz CT molecular complexity index is 325. The molecule has 4 nitrogen and oxygen atoms in total. The van der Waals surface area contributed by atoms with E-state index in [1.54, 1.807) is 0 Å². The summed E-state index contributed by atoms with van der Waals surface area (Å²) in [6.07, 6.45) is 1.73. The second kappa shape index (κ2) is 6.53. The highest BCUT2D eigenvalue weighted by molar-refractivity contribution is 4.92. The van der Waals surface area contributed by atoms with Crippen LogP contribution in [0.3, 0.4) is 0 Å². The van der Waals surface area contributed by atoms with Crippen molar-refractivity contribution in [3.63, 3.8) is 0 Å². The summed E-state index contributed by atoms with van der Waals surface area (Å²) in [5.74, 6) is 0.572. The van der Waals surface area contributed by atoms with E-state index in [0.717, 1.165) is 12.8 Å². The topological polar surface area (TPSA) is 36.9 Å². The van der Waals surface area contributed by atoms with Crippen LogP contribution in [0.25, 0.3) is 0 Å². The van der Waals surface area contributed by atoms with E-state index in [4.69, 9.17) is 19.6 Å². The van der Waals surface area contributed by atoms with Gasteiger partial charge in [0, 0.05) is 0 Å². The minimum Gasteiger partial charge on any atom is -0.231 e. The van der Waals surface area contributed by atoms with Crippen LogP contribution in [-0.4, -0.2) is 23.4 Å². The second-order valence-electron chi connectivity index (χ2n) is 9.08. The van der Waals surface area contributed by atoms with Gasteiger partial charge in [-0.25, -0.2) is 19.6 Å². The van der Waals surface area contributed by atoms with Gasteiger partial charge in [-0.1, -0.05) is 20.8 Å². The van der Waals surface area contributed by atoms with E-state index in [0.29, 0.717) is 5.92 Å². The van der Waals surface area contributed by atoms with Crippen LogP contribution in [0.15, 0.2) is 0 Å². The maximum atomic E-state index is 5.78. The predicted molar refractivity (Wildman–Crippen MR) is 83.6 cm³/mol. The van der Waals surface area contributed by atoms with Crippen LogP contribution < -0.4 is 0 Å². The van der Waals surface area contributed by atoms with E-state index in [9.17, 15) is 0 Å². The largest absolute Gasteiger partial charge is 0.231 e. The van der Waals surface area contributed by atoms with Crippen LogP contribution in [0.4, 0.5) is 0 Å². The summed E-state index contributed by atoms with van der Waals surface area (Å²) in [5, 5.41) is 0. The summed E-state index contributed by atoms with van der Waals surface area (Å²) in [7, 11) is 0. The first-order chi connectivity index (χ1) is 9.30. The van der Waals surface area contributed by atoms with Gasteiger partial charge in [0.1, 0.15) is 12.2 Å². The molecular formula is C17H34O4. The molecule has 0 aromatic carbocycles. The Kier molecular flexibility index (Phi) is 5.87. The lowest BCUT2D eigenvalue weighted by molar-refractivity contribution is -0.448. The molecule has 0 spiro atoms. The van der Waals surface area contributed by atoms with Crippen LogP contribution in [-0.2, 0) is 19.6 Å². The molecule has 0 aromatic heterocycles. The standard InChI is InChI=1S/C17H34O4/c1-12-10-13(18-20-15(2,3)4)14(17(8,9)11-12)19-21-16(5,6)7/h12-14H,10-11H2,1-9H3. The second-order valence-corrected chi connectivity index (χ2v) is 9.08. The monoisotopic (exact) mass is 302 g/mol. The van der Waals surface area contributed by atoms with Crippen molar-refractivity contribution in [1.29, 1.82) is 0 Å². The maximum absolute atomic E-state index is 5.78. The van der Waals surface area contributed by atoms with Crippen molar-refractivity contribution in [3.8, 4) is 0 Å². The van der Waals surface area contributed by atoms with E-state index in [2.05, 4.69) is 20.8 Å². The smallest absolute Gasteiger partial charge is 0.127 e. The lowest BCUT2D eigenvalue weighted by Crippen LogP contribution is -2.50. The van der Waals surface area contributed by atoms with Crippen molar-refractivity contribution in [1.82, 2.24) is 0 Å². The Morgan fingerprint density at radius 2 is 1.33 bits per heavy atom. The van der Waals surface area contributed by atoms with Crippen LogP contribution >= 0.6 is 0 Å². The van der Waals surface area contributed by atoms with E-state index >= 15 is 0 Å². The van der Waals surface area contributed by atoms with Crippen molar-refractivity contribution in [2.24, 2.45) is 11.3 Å². The average Bonchev–Trinajstić information content (AvgIpc) is 2.20. The fraction of sp³-hybridized carbons (Fsp3) is 1.00. The van der Waals surface area contributed by atoms with Gasteiger partial charge in [0.15, 0.2) is 0 Å². The molecule has 0 aliphatic heterocycles. The van der Waals surface area contributed by atoms with Gasteiger partial charge in [0.2, 0.25) is 0 Å². The summed E-state index contributed by atoms with van der Waals surface area (Å²) in [6.45, 7) is 18.5. The Labute approximate surface area is 130 Å². The highest BCUT2D eigenvalue weighted by Crippen LogP contribution is 2.42. The summed E-state index contributed by atoms with van der Waals surface area (Å²) in [5.41, 5.74) is -0.691. The van der Waals surface area contributed by atoms with E-state index < -0.39 is 0 Å². The molecule has 21 heavy (non-hydrogen) atoms. The molecule has 4 heteroatoms. The van der Waals surface area contributed by atoms with Gasteiger partial charge in [-0.2, -0.15) is 0 Å². The summed E-state index contributed by atoms with van der Waals surface area (Å²) < 4.78 is 0. The van der Waals surface area contributed by atoms with Crippen LogP contribution in [0.5, 0.6) is 0 Å². The van der Waals surface area contributed by atoms with Crippen molar-refractivity contribution >= 4 is 0 Å². The van der Waals surface area contributed by atoms with Crippen molar-refractivity contribution in [2.75, 3.05) is 0 Å². The third kappa shape index (κ3) is 6.64. The Morgan fingerprint density at radius 1 is 0.857 bits per heavy atom. The number of hydrogen-bond donors (Lipinski definition) is 0. The molecule has 0 N–H and O–H groups in total. The van der Waals surface area contributed by atoms with Gasteiger partial charge in [-0.15, -0.1) is 0 Å². The number of hydrogen-bond acceptors (Lipinski definition) is 4. The third-order valence-electron chi connectivity index (χ3n) is 3.44. The Hall–Kier alpha value is -0.160. The molecule has 3 unspecified atom stereocenters. The third-order valence-corrected chi connectivity index (χ3v) is 3.44. The minimum atomic E-state index is -0.339. The highest BCUT2D eigenvalue weighted by Gasteiger charge is 2.46. The molecule has 1 rings (SSSR count). The molecule has 1 saturated carbocycles. The predicted octanol–water partition coefficient (Wildman–Crippen LogP) is 4.67. The summed E-state index contributed by atoms with van der Waals surface area (Å²) >= 11 is 0. The fourth-order valence-electron chi connectivity index (χ4n) is 2.81. The van der Waals surface area contributed by atoms with Gasteiger partial charge in [-0.3, -0.25) is 0 Å². The number of rotatable bonds is 4. The van der Waals surface area contributed by atoms with E-state index in [-0.39, 0.29) is 28.8 Å². The van der Waals surface area contributed by atoms with Gasteiger partial charge in [-0.05, 0) is 65.7 Å². The van der Waals surface area contributed by atoms with Gasteiger partial charge in [0.05, 0.1) is 11.2 Å². The molecule has 0 bridgehead atoms. The first-order valence-corrected chi connectivity index (χ1v) is 7.99. The van der Waals surface area contributed by atoms with E-state index in [1.807, 2.05) is 41.5 Å². The molecule has 3 atom stereocenters. The molecule has 0 radical (unpaired) electrons. The van der Waals surface area contributed by atoms with Gasteiger partial charge < -0.3 is 0 Å². The van der Waals surface area contributed by atoms with Crippen LogP contribution in [0.2, 0.25) is 0 Å². The van der Waals surface area contributed by atoms with Gasteiger partial charge in [0.25, 0.3) is 0 Å². The van der Waals surface area contributed by atoms with Crippen molar-refractivity contribution < 1.29 is 19.6 Å². The zero-order chi connectivity index (χ0) is 16.5. The van der Waals surface area contributed by atoms with Gasteiger partial charge >= 0.3 is 0 Å². The first kappa shape index (κ1) is 18.9. The molecule has 0 amide bonds. The average molecular weight is 302 g/mol. The maximum Gasteiger partial charge on any atom is 0.127 e. The zero-order valence-electron chi connectivity index (χ0n) is 15.3. The summed E-state index contributed by atoms with van der Waals surface area (Å²) in [4.78, 5) is 22.6.